The van der Waals surface area contributed by atoms with Crippen LogP contribution in [0.5, 0.6) is 11.5 Å². The van der Waals surface area contributed by atoms with Gasteiger partial charge in [0.1, 0.15) is 5.75 Å². The molecule has 2 aromatic rings. The highest BCUT2D eigenvalue weighted by Gasteiger charge is 2.09. The number of ether oxygens (including phenoxy) is 1. The van der Waals surface area contributed by atoms with Gasteiger partial charge < -0.3 is 10.1 Å². The van der Waals surface area contributed by atoms with E-state index in [2.05, 4.69) is 50.2 Å². The fourth-order valence-corrected chi connectivity index (χ4v) is 2.33. The lowest BCUT2D eigenvalue weighted by atomic mass is 10.0. The van der Waals surface area contributed by atoms with Crippen LogP contribution in [-0.2, 0) is 0 Å². The fourth-order valence-electron chi connectivity index (χ4n) is 2.33. The monoisotopic (exact) mass is 287 g/mol. The molecule has 0 bridgehead atoms. The van der Waals surface area contributed by atoms with Gasteiger partial charge in [0.2, 0.25) is 0 Å². The third kappa shape index (κ3) is 4.08. The van der Waals surface area contributed by atoms with E-state index in [9.17, 15) is 0 Å². The van der Waals surface area contributed by atoms with Crippen LogP contribution in [0, 0.1) is 0 Å². The van der Waals surface area contributed by atoms with Gasteiger partial charge in [0.25, 0.3) is 0 Å². The van der Waals surface area contributed by atoms with E-state index in [0.29, 0.717) is 12.1 Å². The van der Waals surface area contributed by atoms with Crippen LogP contribution in [0.2, 0.25) is 0 Å². The molecular formula is C17H25N3O. The minimum absolute atomic E-state index is 0.340. The summed E-state index contributed by atoms with van der Waals surface area (Å²) in [5.41, 5.74) is 1.26. The second kappa shape index (κ2) is 7.27. The molecule has 0 spiro atoms. The first-order chi connectivity index (χ1) is 10.1. The van der Waals surface area contributed by atoms with Crippen molar-refractivity contribution in [2.45, 2.75) is 46.2 Å². The predicted octanol–water partition coefficient (Wildman–Crippen LogP) is 4.32. The van der Waals surface area contributed by atoms with Crippen LogP contribution < -0.4 is 10.1 Å². The van der Waals surface area contributed by atoms with E-state index in [1.165, 1.54) is 5.56 Å². The minimum Gasteiger partial charge on any atom is -0.454 e. The topological polar surface area (TPSA) is 39.1 Å². The molecule has 21 heavy (non-hydrogen) atoms. The highest BCUT2D eigenvalue weighted by molar-refractivity contribution is 5.33. The van der Waals surface area contributed by atoms with Gasteiger partial charge in [-0.2, -0.15) is 5.10 Å². The van der Waals surface area contributed by atoms with Crippen molar-refractivity contribution >= 4 is 0 Å². The van der Waals surface area contributed by atoms with E-state index in [-0.39, 0.29) is 0 Å². The van der Waals surface area contributed by atoms with Gasteiger partial charge in [0.05, 0.1) is 12.4 Å². The zero-order valence-electron chi connectivity index (χ0n) is 13.3. The molecule has 0 amide bonds. The summed E-state index contributed by atoms with van der Waals surface area (Å²) in [7, 11) is 0. The van der Waals surface area contributed by atoms with Crippen molar-refractivity contribution in [3.05, 3.63) is 42.2 Å². The smallest absolute Gasteiger partial charge is 0.165 e. The molecular weight excluding hydrogens is 262 g/mol. The molecule has 0 radical (unpaired) electrons. The molecule has 2 rings (SSSR count). The zero-order valence-corrected chi connectivity index (χ0v) is 13.3. The molecule has 0 fully saturated rings. The molecule has 0 aliphatic heterocycles. The van der Waals surface area contributed by atoms with Crippen molar-refractivity contribution < 1.29 is 4.74 Å². The first-order valence-electron chi connectivity index (χ1n) is 7.69. The van der Waals surface area contributed by atoms with Gasteiger partial charge >= 0.3 is 0 Å². The lowest BCUT2D eigenvalue weighted by molar-refractivity contribution is 0.473. The molecule has 1 heterocycles. The van der Waals surface area contributed by atoms with Gasteiger partial charge in [-0.15, -0.1) is 0 Å². The summed E-state index contributed by atoms with van der Waals surface area (Å²) in [6.07, 6.45) is 4.75. The summed E-state index contributed by atoms with van der Waals surface area (Å²) in [6, 6.07) is 8.97. The van der Waals surface area contributed by atoms with Gasteiger partial charge in [-0.05, 0) is 44.5 Å². The number of nitrogens with zero attached hydrogens (tertiary/aromatic N) is 2. The Kier molecular flexibility index (Phi) is 5.39. The Bertz CT molecular complexity index is 563. The van der Waals surface area contributed by atoms with Crippen molar-refractivity contribution in [1.29, 1.82) is 0 Å². The van der Waals surface area contributed by atoms with E-state index in [1.807, 2.05) is 23.0 Å². The van der Waals surface area contributed by atoms with Gasteiger partial charge in [0, 0.05) is 12.1 Å². The molecule has 1 unspecified atom stereocenters. The third-order valence-electron chi connectivity index (χ3n) is 3.46. The molecule has 1 aromatic heterocycles. The Morgan fingerprint density at radius 3 is 2.67 bits per heavy atom. The zero-order chi connectivity index (χ0) is 15.2. The summed E-state index contributed by atoms with van der Waals surface area (Å²) in [6.45, 7) is 9.47. The van der Waals surface area contributed by atoms with Crippen molar-refractivity contribution in [3.63, 3.8) is 0 Å². The summed E-state index contributed by atoms with van der Waals surface area (Å²) in [5.74, 6) is 1.63. The lowest BCUT2D eigenvalue weighted by Gasteiger charge is -2.17. The quantitative estimate of drug-likeness (QED) is 0.824. The maximum atomic E-state index is 5.91. The van der Waals surface area contributed by atoms with Gasteiger partial charge in [-0.3, -0.25) is 4.68 Å². The highest BCUT2D eigenvalue weighted by atomic mass is 16.5. The van der Waals surface area contributed by atoms with Crippen LogP contribution >= 0.6 is 0 Å². The van der Waals surface area contributed by atoms with Crippen molar-refractivity contribution in [2.24, 2.45) is 0 Å². The van der Waals surface area contributed by atoms with Crippen LogP contribution in [0.15, 0.2) is 36.7 Å². The Morgan fingerprint density at radius 2 is 2.05 bits per heavy atom. The average molecular weight is 287 g/mol. The molecule has 0 saturated heterocycles. The SMILES string of the molecule is CCNC(CC)c1cccc(Oc2cnn(C(C)C)c2)c1. The van der Waals surface area contributed by atoms with Crippen LogP contribution in [0.3, 0.4) is 0 Å². The van der Waals surface area contributed by atoms with E-state index in [4.69, 9.17) is 4.74 Å². The number of aromatic nitrogens is 2. The summed E-state index contributed by atoms with van der Waals surface area (Å²) in [4.78, 5) is 0. The third-order valence-corrected chi connectivity index (χ3v) is 3.46. The molecule has 1 atom stereocenters. The normalized spacial score (nSPS) is 12.6. The summed E-state index contributed by atoms with van der Waals surface area (Å²) < 4.78 is 7.81. The van der Waals surface area contributed by atoms with Crippen molar-refractivity contribution in [1.82, 2.24) is 15.1 Å². The Morgan fingerprint density at radius 1 is 1.24 bits per heavy atom. The maximum Gasteiger partial charge on any atom is 0.165 e. The second-order valence-corrected chi connectivity index (χ2v) is 5.44. The van der Waals surface area contributed by atoms with Crippen molar-refractivity contribution in [2.75, 3.05) is 6.54 Å². The van der Waals surface area contributed by atoms with E-state index in [1.54, 1.807) is 6.20 Å². The number of hydrogen-bond acceptors (Lipinski definition) is 3. The number of benzene rings is 1. The lowest BCUT2D eigenvalue weighted by Crippen LogP contribution is -2.19. The molecule has 1 N–H and O–H groups in total. The first-order valence-corrected chi connectivity index (χ1v) is 7.69. The van der Waals surface area contributed by atoms with E-state index in [0.717, 1.165) is 24.5 Å². The number of hydrogen-bond donors (Lipinski definition) is 1. The van der Waals surface area contributed by atoms with Gasteiger partial charge in [-0.1, -0.05) is 26.0 Å². The van der Waals surface area contributed by atoms with E-state index >= 15 is 0 Å². The van der Waals surface area contributed by atoms with E-state index < -0.39 is 0 Å². The molecule has 114 valence electrons. The van der Waals surface area contributed by atoms with Gasteiger partial charge in [-0.25, -0.2) is 0 Å². The summed E-state index contributed by atoms with van der Waals surface area (Å²) in [5, 5.41) is 7.78. The molecule has 4 nitrogen and oxygen atoms in total. The minimum atomic E-state index is 0.340. The predicted molar refractivity (Wildman–Crippen MR) is 85.8 cm³/mol. The highest BCUT2D eigenvalue weighted by Crippen LogP contribution is 2.26. The standard InChI is InChI=1S/C17H25N3O/c1-5-17(18-6-2)14-8-7-9-15(10-14)21-16-11-19-20(12-16)13(3)4/h7-13,17-18H,5-6H2,1-4H3. The summed E-state index contributed by atoms with van der Waals surface area (Å²) >= 11 is 0. The number of nitrogens with one attached hydrogen (secondary N) is 1. The largest absolute Gasteiger partial charge is 0.454 e. The van der Waals surface area contributed by atoms with Crippen LogP contribution in [0.1, 0.15) is 51.8 Å². The molecule has 4 heteroatoms. The first kappa shape index (κ1) is 15.6. The van der Waals surface area contributed by atoms with Crippen LogP contribution in [0.4, 0.5) is 0 Å². The molecule has 0 aliphatic rings. The maximum absolute atomic E-state index is 5.91. The molecule has 1 aromatic carbocycles. The molecule has 0 aliphatic carbocycles. The fraction of sp³-hybridized carbons (Fsp3) is 0.471. The second-order valence-electron chi connectivity index (χ2n) is 5.44. The van der Waals surface area contributed by atoms with Gasteiger partial charge in [0.15, 0.2) is 5.75 Å². The Hall–Kier alpha value is -1.81. The average Bonchev–Trinajstić information content (AvgIpc) is 2.94. The number of rotatable bonds is 7. The molecule has 0 saturated carbocycles. The van der Waals surface area contributed by atoms with Crippen LogP contribution in [0.25, 0.3) is 0 Å². The van der Waals surface area contributed by atoms with Crippen molar-refractivity contribution in [3.8, 4) is 11.5 Å². The van der Waals surface area contributed by atoms with Crippen LogP contribution in [-0.4, -0.2) is 16.3 Å². The Balaban J connectivity index is 2.13. The Labute approximate surface area is 127 Å².